The van der Waals surface area contributed by atoms with Crippen LogP contribution in [0.5, 0.6) is 0 Å². The molecule has 0 spiro atoms. The van der Waals surface area contributed by atoms with Crippen molar-refractivity contribution in [2.45, 2.75) is 35.2 Å². The average molecular weight is 707 g/mol. The number of thiazole rings is 1. The molecule has 0 aliphatic carbocycles. The van der Waals surface area contributed by atoms with E-state index in [1.165, 1.54) is 39.8 Å². The third-order valence-electron chi connectivity index (χ3n) is 7.82. The minimum absolute atomic E-state index is 0.157. The van der Waals surface area contributed by atoms with Gasteiger partial charge >= 0.3 is 5.97 Å². The van der Waals surface area contributed by atoms with E-state index in [-0.39, 0.29) is 23.9 Å². The first-order chi connectivity index (χ1) is 24.0. The van der Waals surface area contributed by atoms with Crippen LogP contribution in [0.25, 0.3) is 5.57 Å². The Labute approximate surface area is 298 Å². The number of rotatable bonds is 12. The van der Waals surface area contributed by atoms with Crippen molar-refractivity contribution >= 4 is 64.4 Å². The summed E-state index contributed by atoms with van der Waals surface area (Å²) in [5.74, 6) is -0.778. The van der Waals surface area contributed by atoms with Gasteiger partial charge in [0.05, 0.1) is 12.1 Å². The van der Waals surface area contributed by atoms with Gasteiger partial charge in [-0.05, 0) is 29.7 Å². The number of hydrogen-bond donors (Lipinski definition) is 1. The Balaban J connectivity index is 1.31. The minimum Gasteiger partial charge on any atom is -0.448 e. The summed E-state index contributed by atoms with van der Waals surface area (Å²) in [5.41, 5.74) is 4.34. The third kappa shape index (κ3) is 7.96. The number of aliphatic imine (C=N–C) groups is 1. The monoisotopic (exact) mass is 706 g/mol. The first-order valence-electron chi connectivity index (χ1n) is 15.7. The molecule has 2 amide bonds. The van der Waals surface area contributed by atoms with Gasteiger partial charge in [0.1, 0.15) is 17.1 Å². The van der Waals surface area contributed by atoms with Gasteiger partial charge in [-0.3, -0.25) is 19.5 Å². The molecular formula is C38H34N4O4S3. The summed E-state index contributed by atoms with van der Waals surface area (Å²) in [6, 6.07) is 27.7. The molecule has 0 radical (unpaired) electrons. The van der Waals surface area contributed by atoms with Crippen LogP contribution >= 0.6 is 34.9 Å². The number of allylic oxidation sites excluding steroid dienone is 4. The Morgan fingerprint density at radius 1 is 1.04 bits per heavy atom. The van der Waals surface area contributed by atoms with Crippen molar-refractivity contribution in [1.82, 2.24) is 15.2 Å². The average Bonchev–Trinajstić information content (AvgIpc) is 3.60. The highest BCUT2D eigenvalue weighted by molar-refractivity contribution is 8.07. The van der Waals surface area contributed by atoms with Crippen LogP contribution in [0.1, 0.15) is 35.4 Å². The van der Waals surface area contributed by atoms with Gasteiger partial charge in [-0.25, -0.2) is 9.78 Å². The number of nitrogens with zero attached hydrogens (tertiary/aromatic N) is 3. The smallest absolute Gasteiger partial charge is 0.356 e. The van der Waals surface area contributed by atoms with Crippen molar-refractivity contribution in [1.29, 1.82) is 0 Å². The SMILES string of the molecule is C\C=C/C(=C\C=N\C)c1csc(SC2=C(C(=O)OC(c3ccccc3)c3ccccc3)N3C(=O)[C@@H](NC(=O)Cc4ccccc4)[C@H]3SC2)n1. The summed E-state index contributed by atoms with van der Waals surface area (Å²) in [4.78, 5) is 52.2. The first kappa shape index (κ1) is 34.2. The van der Waals surface area contributed by atoms with E-state index in [2.05, 4.69) is 10.3 Å². The highest BCUT2D eigenvalue weighted by Gasteiger charge is 2.55. The van der Waals surface area contributed by atoms with Gasteiger partial charge in [0.2, 0.25) is 5.91 Å². The highest BCUT2D eigenvalue weighted by Crippen LogP contribution is 2.46. The number of hydrogen-bond acceptors (Lipinski definition) is 9. The van der Waals surface area contributed by atoms with E-state index in [0.717, 1.165) is 32.3 Å². The fraction of sp³-hybridized carbons (Fsp3) is 0.184. The largest absolute Gasteiger partial charge is 0.448 e. The zero-order valence-corrected chi connectivity index (χ0v) is 29.3. The summed E-state index contributed by atoms with van der Waals surface area (Å²) in [6.45, 7) is 1.94. The molecule has 1 fully saturated rings. The number of benzene rings is 3. The van der Waals surface area contributed by atoms with Crippen LogP contribution in [0.2, 0.25) is 0 Å². The number of fused-ring (bicyclic) bond motifs is 1. The topological polar surface area (TPSA) is 101 Å². The van der Waals surface area contributed by atoms with Gasteiger partial charge in [-0.15, -0.1) is 23.1 Å². The summed E-state index contributed by atoms with van der Waals surface area (Å²) < 4.78 is 7.02. The van der Waals surface area contributed by atoms with E-state index in [1.807, 2.05) is 122 Å². The standard InChI is InChI=1S/C38H34N4O4S3/c1-3-13-26(20-21-39-2)29-23-48-38(40-29)49-30-24-47-36-32(41-31(43)22-25-14-7-4-8-15-25)35(44)42(36)33(30)37(45)46-34(27-16-9-5-10-17-27)28-18-11-6-12-19-28/h3-21,23,32,34,36H,22,24H2,1-2H3,(H,41,43)/b13-3-,26-20+,39-21+/t32-,36-/m1/s1. The number of thioether (sulfide) groups is 2. The molecule has 0 unspecified atom stereocenters. The van der Waals surface area contributed by atoms with Crippen LogP contribution in [0.4, 0.5) is 0 Å². The highest BCUT2D eigenvalue weighted by atomic mass is 32.2. The van der Waals surface area contributed by atoms with E-state index in [4.69, 9.17) is 9.72 Å². The van der Waals surface area contributed by atoms with Gasteiger partial charge in [0.25, 0.3) is 5.91 Å². The Hall–Kier alpha value is -4.71. The number of aromatic nitrogens is 1. The molecule has 0 bridgehead atoms. The molecule has 2 atom stereocenters. The van der Waals surface area contributed by atoms with E-state index < -0.39 is 23.5 Å². The molecule has 1 aromatic heterocycles. The number of carbonyl (C=O) groups is 3. The van der Waals surface area contributed by atoms with Crippen LogP contribution in [-0.2, 0) is 25.5 Å². The Morgan fingerprint density at radius 2 is 1.69 bits per heavy atom. The fourth-order valence-electron chi connectivity index (χ4n) is 5.51. The number of amides is 2. The predicted octanol–water partition coefficient (Wildman–Crippen LogP) is 7.08. The minimum atomic E-state index is -0.755. The molecule has 49 heavy (non-hydrogen) atoms. The molecule has 2 aliphatic heterocycles. The molecule has 8 nitrogen and oxygen atoms in total. The molecule has 3 aromatic carbocycles. The van der Waals surface area contributed by atoms with Crippen LogP contribution in [0, 0.1) is 0 Å². The lowest BCUT2D eigenvalue weighted by Crippen LogP contribution is -2.70. The van der Waals surface area contributed by atoms with Crippen molar-refractivity contribution in [2.75, 3.05) is 12.8 Å². The molecule has 2 aliphatic rings. The maximum atomic E-state index is 14.3. The molecule has 1 saturated heterocycles. The number of esters is 1. The van der Waals surface area contributed by atoms with Crippen molar-refractivity contribution in [2.24, 2.45) is 4.99 Å². The van der Waals surface area contributed by atoms with E-state index >= 15 is 0 Å². The second kappa shape index (κ2) is 16.1. The van der Waals surface area contributed by atoms with E-state index in [9.17, 15) is 14.4 Å². The van der Waals surface area contributed by atoms with Crippen LogP contribution in [-0.4, -0.2) is 58.1 Å². The predicted molar refractivity (Wildman–Crippen MR) is 198 cm³/mol. The van der Waals surface area contributed by atoms with E-state index in [1.54, 1.807) is 13.3 Å². The van der Waals surface area contributed by atoms with Crippen LogP contribution in [0.3, 0.4) is 0 Å². The third-order valence-corrected chi connectivity index (χ3v) is 11.3. The van der Waals surface area contributed by atoms with Crippen LogP contribution < -0.4 is 5.32 Å². The van der Waals surface area contributed by atoms with Crippen molar-refractivity contribution in [3.05, 3.63) is 148 Å². The molecule has 3 heterocycles. The first-order valence-corrected chi connectivity index (χ1v) is 18.4. The summed E-state index contributed by atoms with van der Waals surface area (Å²) in [6.07, 6.45) is 6.98. The Bertz CT molecular complexity index is 1880. The normalized spacial score (nSPS) is 17.8. The quantitative estimate of drug-likeness (QED) is 0.0728. The molecule has 11 heteroatoms. The number of carbonyl (C=O) groups excluding carboxylic acids is 3. The van der Waals surface area contributed by atoms with Crippen molar-refractivity contribution < 1.29 is 19.1 Å². The molecule has 1 N–H and O–H groups in total. The molecule has 4 aromatic rings. The molecule has 6 rings (SSSR count). The second-order valence-electron chi connectivity index (χ2n) is 11.1. The lowest BCUT2D eigenvalue weighted by molar-refractivity contribution is -0.154. The zero-order valence-electron chi connectivity index (χ0n) is 26.9. The van der Waals surface area contributed by atoms with E-state index in [0.29, 0.717) is 10.7 Å². The summed E-state index contributed by atoms with van der Waals surface area (Å²) in [5, 5.41) is 4.42. The number of ether oxygens (including phenoxy) is 1. The lowest BCUT2D eigenvalue weighted by atomic mass is 10.0. The van der Waals surface area contributed by atoms with Gasteiger partial charge in [0, 0.05) is 34.9 Å². The maximum absolute atomic E-state index is 14.3. The Kier molecular flexibility index (Phi) is 11.2. The van der Waals surface area contributed by atoms with Crippen LogP contribution in [0.15, 0.2) is 135 Å². The Morgan fingerprint density at radius 3 is 2.33 bits per heavy atom. The number of β-lactam (4-membered cyclic amide) rings is 1. The van der Waals surface area contributed by atoms with Crippen molar-refractivity contribution in [3.8, 4) is 0 Å². The molecular weight excluding hydrogens is 673 g/mol. The maximum Gasteiger partial charge on any atom is 0.356 e. The summed E-state index contributed by atoms with van der Waals surface area (Å²) in [7, 11) is 1.71. The lowest BCUT2D eigenvalue weighted by Gasteiger charge is -2.49. The van der Waals surface area contributed by atoms with Crippen molar-refractivity contribution in [3.63, 3.8) is 0 Å². The van der Waals surface area contributed by atoms with Gasteiger partial charge in [-0.2, -0.15) is 0 Å². The summed E-state index contributed by atoms with van der Waals surface area (Å²) >= 11 is 4.32. The fourth-order valence-corrected chi connectivity index (χ4v) is 8.97. The second-order valence-corrected chi connectivity index (χ2v) is 14.4. The van der Waals surface area contributed by atoms with Gasteiger partial charge < -0.3 is 10.1 Å². The number of nitrogens with one attached hydrogen (secondary N) is 1. The van der Waals surface area contributed by atoms with Gasteiger partial charge in [-0.1, -0.05) is 115 Å². The molecule has 248 valence electrons. The van der Waals surface area contributed by atoms with Gasteiger partial charge in [0.15, 0.2) is 10.4 Å². The molecule has 0 saturated carbocycles. The zero-order chi connectivity index (χ0) is 34.2.